The second-order valence-electron chi connectivity index (χ2n) is 7.16. The summed E-state index contributed by atoms with van der Waals surface area (Å²) in [7, 11) is 0. The maximum absolute atomic E-state index is 12.4. The number of halogens is 1. The Morgan fingerprint density at radius 1 is 0.906 bits per heavy atom. The third-order valence-corrected chi connectivity index (χ3v) is 5.28. The molecule has 1 amide bonds. The van der Waals surface area contributed by atoms with Crippen molar-refractivity contribution in [2.45, 2.75) is 0 Å². The van der Waals surface area contributed by atoms with Gasteiger partial charge in [-0.2, -0.15) is 0 Å². The van der Waals surface area contributed by atoms with E-state index in [2.05, 4.69) is 25.6 Å². The summed E-state index contributed by atoms with van der Waals surface area (Å²) in [6.07, 6.45) is 3.47. The number of nitrogens with zero attached hydrogens (tertiary/aromatic N) is 2. The monoisotopic (exact) mass is 439 g/mol. The van der Waals surface area contributed by atoms with Crippen LogP contribution in [0.5, 0.6) is 0 Å². The normalized spacial score (nSPS) is 10.8. The highest BCUT2D eigenvalue weighted by Crippen LogP contribution is 2.32. The quantitative estimate of drug-likeness (QED) is 0.301. The predicted octanol–water partition coefficient (Wildman–Crippen LogP) is 6.27. The van der Waals surface area contributed by atoms with E-state index in [1.165, 1.54) is 0 Å². The van der Waals surface area contributed by atoms with Gasteiger partial charge in [-0.05, 0) is 36.4 Å². The van der Waals surface area contributed by atoms with Gasteiger partial charge in [0.15, 0.2) is 0 Å². The molecule has 0 saturated carbocycles. The number of aromatic nitrogens is 3. The molecule has 2 heterocycles. The van der Waals surface area contributed by atoms with Crippen LogP contribution in [0, 0.1) is 0 Å². The van der Waals surface area contributed by atoms with E-state index in [0.717, 1.165) is 22.2 Å². The lowest BCUT2D eigenvalue weighted by Crippen LogP contribution is -2.11. The van der Waals surface area contributed by atoms with Gasteiger partial charge in [0.1, 0.15) is 0 Å². The maximum Gasteiger partial charge on any atom is 0.255 e. The van der Waals surface area contributed by atoms with Gasteiger partial charge in [0.25, 0.3) is 5.91 Å². The van der Waals surface area contributed by atoms with Crippen molar-refractivity contribution < 1.29 is 4.79 Å². The molecule has 0 unspecified atom stereocenters. The molecule has 6 nitrogen and oxygen atoms in total. The second kappa shape index (κ2) is 8.53. The Hall–Kier alpha value is -4.16. The molecule has 0 radical (unpaired) electrons. The molecule has 0 bridgehead atoms. The number of para-hydroxylation sites is 1. The first-order valence-electron chi connectivity index (χ1n) is 10.00. The number of hydrogen-bond acceptors (Lipinski definition) is 4. The van der Waals surface area contributed by atoms with Crippen LogP contribution >= 0.6 is 11.6 Å². The Bertz CT molecular complexity index is 1410. The molecule has 2 aromatic heterocycles. The molecule has 5 aromatic rings. The van der Waals surface area contributed by atoms with Crippen LogP contribution in [0.2, 0.25) is 5.02 Å². The van der Waals surface area contributed by atoms with Crippen LogP contribution in [-0.4, -0.2) is 20.9 Å². The Kier molecular flexibility index (Phi) is 5.27. The lowest BCUT2D eigenvalue weighted by atomic mass is 10.1. The van der Waals surface area contributed by atoms with Crippen molar-refractivity contribution >= 4 is 45.7 Å². The van der Waals surface area contributed by atoms with E-state index in [1.807, 2.05) is 72.9 Å². The van der Waals surface area contributed by atoms with Crippen LogP contribution in [0.3, 0.4) is 0 Å². The van der Waals surface area contributed by atoms with Crippen LogP contribution in [0.1, 0.15) is 10.4 Å². The van der Waals surface area contributed by atoms with Gasteiger partial charge in [-0.1, -0.05) is 54.1 Å². The van der Waals surface area contributed by atoms with Crippen LogP contribution in [0.4, 0.5) is 17.3 Å². The molecule has 3 N–H and O–H groups in total. The van der Waals surface area contributed by atoms with Gasteiger partial charge in [-0.15, -0.1) is 0 Å². The minimum atomic E-state index is -0.174. The summed E-state index contributed by atoms with van der Waals surface area (Å²) in [6.45, 7) is 0. The zero-order valence-electron chi connectivity index (χ0n) is 16.8. The summed E-state index contributed by atoms with van der Waals surface area (Å²) < 4.78 is 0. The van der Waals surface area contributed by atoms with Gasteiger partial charge in [0.2, 0.25) is 5.95 Å². The number of nitrogens with one attached hydrogen (secondary N) is 3. The van der Waals surface area contributed by atoms with Crippen LogP contribution in [0.15, 0.2) is 91.3 Å². The Morgan fingerprint density at radius 2 is 1.69 bits per heavy atom. The molecular formula is C25H18ClN5O. The SMILES string of the molecule is O=C(Nc1cccc(Nc2ncc(Cl)c(-c3c[nH]c4ccccc34)n2)c1)c1ccccc1. The lowest BCUT2D eigenvalue weighted by Gasteiger charge is -2.10. The van der Waals surface area contributed by atoms with E-state index in [4.69, 9.17) is 11.6 Å². The van der Waals surface area contributed by atoms with Crippen LogP contribution in [0.25, 0.3) is 22.2 Å². The van der Waals surface area contributed by atoms with Crippen molar-refractivity contribution in [3.8, 4) is 11.3 Å². The van der Waals surface area contributed by atoms with Gasteiger partial charge in [0.05, 0.1) is 16.9 Å². The number of H-pyrrole nitrogens is 1. The molecule has 0 atom stereocenters. The van der Waals surface area contributed by atoms with Crippen molar-refractivity contribution in [3.63, 3.8) is 0 Å². The standard InChI is InChI=1S/C25H18ClN5O/c26-21-15-28-25(31-23(21)20-14-27-22-12-5-4-11-19(20)22)30-18-10-6-9-17(13-18)29-24(32)16-7-2-1-3-8-16/h1-15,27H,(H,29,32)(H,28,30,31). The summed E-state index contributed by atoms with van der Waals surface area (Å²) in [5.41, 5.74) is 4.54. The predicted molar refractivity (Wildman–Crippen MR) is 128 cm³/mol. The number of benzene rings is 3. The Balaban J connectivity index is 1.40. The third kappa shape index (κ3) is 4.04. The summed E-state index contributed by atoms with van der Waals surface area (Å²) in [6, 6.07) is 24.4. The molecule has 156 valence electrons. The van der Waals surface area contributed by atoms with Gasteiger partial charge in [-0.25, -0.2) is 9.97 Å². The van der Waals surface area contributed by atoms with E-state index < -0.39 is 0 Å². The average Bonchev–Trinajstić information content (AvgIpc) is 3.25. The highest BCUT2D eigenvalue weighted by atomic mass is 35.5. The molecule has 0 aliphatic heterocycles. The van der Waals surface area contributed by atoms with Gasteiger partial charge >= 0.3 is 0 Å². The second-order valence-corrected chi connectivity index (χ2v) is 7.57. The molecule has 0 saturated heterocycles. The topological polar surface area (TPSA) is 82.7 Å². The number of amides is 1. The fourth-order valence-corrected chi connectivity index (χ4v) is 3.67. The first kappa shape index (κ1) is 19.8. The Morgan fingerprint density at radius 3 is 2.56 bits per heavy atom. The van der Waals surface area contributed by atoms with E-state index >= 15 is 0 Å². The first-order valence-corrected chi connectivity index (χ1v) is 10.4. The van der Waals surface area contributed by atoms with Crippen molar-refractivity contribution in [2.24, 2.45) is 0 Å². The molecule has 32 heavy (non-hydrogen) atoms. The maximum atomic E-state index is 12.4. The number of anilines is 3. The van der Waals surface area contributed by atoms with Crippen molar-refractivity contribution in [1.29, 1.82) is 0 Å². The smallest absolute Gasteiger partial charge is 0.255 e. The number of fused-ring (bicyclic) bond motifs is 1. The summed E-state index contributed by atoms with van der Waals surface area (Å²) in [5, 5.41) is 7.59. The summed E-state index contributed by atoms with van der Waals surface area (Å²) in [5.74, 6) is 0.230. The summed E-state index contributed by atoms with van der Waals surface area (Å²) >= 11 is 6.42. The molecular weight excluding hydrogens is 422 g/mol. The molecule has 0 spiro atoms. The van der Waals surface area contributed by atoms with Gasteiger partial charge in [-0.3, -0.25) is 4.79 Å². The minimum absolute atomic E-state index is 0.174. The summed E-state index contributed by atoms with van der Waals surface area (Å²) in [4.78, 5) is 24.6. The molecule has 0 aliphatic rings. The molecule has 5 rings (SSSR count). The highest BCUT2D eigenvalue weighted by molar-refractivity contribution is 6.33. The fourth-order valence-electron chi connectivity index (χ4n) is 3.48. The fraction of sp³-hybridized carbons (Fsp3) is 0. The zero-order valence-corrected chi connectivity index (χ0v) is 17.6. The minimum Gasteiger partial charge on any atom is -0.360 e. The number of hydrogen-bond donors (Lipinski definition) is 3. The lowest BCUT2D eigenvalue weighted by molar-refractivity contribution is 0.102. The zero-order chi connectivity index (χ0) is 21.9. The molecule has 7 heteroatoms. The third-order valence-electron chi connectivity index (χ3n) is 5.00. The van der Waals surface area contributed by atoms with E-state index in [0.29, 0.717) is 27.9 Å². The Labute approximate surface area is 189 Å². The molecule has 3 aromatic carbocycles. The first-order chi connectivity index (χ1) is 15.7. The average molecular weight is 440 g/mol. The van der Waals surface area contributed by atoms with E-state index in [-0.39, 0.29) is 5.91 Å². The van der Waals surface area contributed by atoms with Gasteiger partial charge < -0.3 is 15.6 Å². The van der Waals surface area contributed by atoms with E-state index in [9.17, 15) is 4.79 Å². The number of carbonyl (C=O) groups excluding carboxylic acids is 1. The van der Waals surface area contributed by atoms with Crippen molar-refractivity contribution in [1.82, 2.24) is 15.0 Å². The van der Waals surface area contributed by atoms with Crippen LogP contribution in [-0.2, 0) is 0 Å². The van der Waals surface area contributed by atoms with Crippen molar-refractivity contribution in [3.05, 3.63) is 102 Å². The van der Waals surface area contributed by atoms with Gasteiger partial charge in [0, 0.05) is 39.6 Å². The number of carbonyl (C=O) groups is 1. The number of aromatic amines is 1. The largest absolute Gasteiger partial charge is 0.360 e. The highest BCUT2D eigenvalue weighted by Gasteiger charge is 2.13. The molecule has 0 fully saturated rings. The van der Waals surface area contributed by atoms with Crippen LogP contribution < -0.4 is 10.6 Å². The molecule has 0 aliphatic carbocycles. The van der Waals surface area contributed by atoms with Crippen molar-refractivity contribution in [2.75, 3.05) is 10.6 Å². The van der Waals surface area contributed by atoms with E-state index in [1.54, 1.807) is 18.3 Å². The number of rotatable bonds is 5.